The van der Waals surface area contributed by atoms with Crippen molar-refractivity contribution in [3.63, 3.8) is 0 Å². The Morgan fingerprint density at radius 3 is 1.26 bits per heavy atom. The van der Waals surface area contributed by atoms with Gasteiger partial charge in [-0.25, -0.2) is 9.36 Å². The molecule has 0 aromatic rings. The average molecular weight is 788 g/mol. The summed E-state index contributed by atoms with van der Waals surface area (Å²) in [5.74, 6) is -2.88. The van der Waals surface area contributed by atoms with Crippen molar-refractivity contribution < 1.29 is 48.2 Å². The van der Waals surface area contributed by atoms with Crippen molar-refractivity contribution in [2.24, 2.45) is 0 Å². The van der Waals surface area contributed by atoms with E-state index < -0.39 is 57.6 Å². The van der Waals surface area contributed by atoms with Gasteiger partial charge in [-0.2, -0.15) is 0 Å². The number of carbonyl (C=O) groups is 3. The maximum absolute atomic E-state index is 13.4. The van der Waals surface area contributed by atoms with Gasteiger partial charge < -0.3 is 20.2 Å². The minimum Gasteiger partial charge on any atom is -0.480 e. The molecular formula is C42H78NO10P. The van der Waals surface area contributed by atoms with E-state index in [2.05, 4.69) is 42.7 Å². The lowest BCUT2D eigenvalue weighted by molar-refractivity contribution is -0.159. The average Bonchev–Trinajstić information content (AvgIpc) is 3.15. The molecule has 2 amide bonds. The van der Waals surface area contributed by atoms with E-state index in [1.807, 2.05) is 0 Å². The van der Waals surface area contributed by atoms with Crippen molar-refractivity contribution in [2.45, 2.75) is 206 Å². The number of aliphatic hydroxyl groups is 2. The number of phosphoric ester groups is 1. The molecule has 0 rings (SSSR count). The molecule has 11 nitrogen and oxygen atoms in total. The first-order chi connectivity index (χ1) is 26.1. The first-order valence-corrected chi connectivity index (χ1v) is 22.9. The van der Waals surface area contributed by atoms with Crippen LogP contribution in [0.3, 0.4) is 0 Å². The van der Waals surface area contributed by atoms with Crippen LogP contribution in [-0.2, 0) is 28.0 Å². The van der Waals surface area contributed by atoms with Crippen molar-refractivity contribution in [1.29, 1.82) is 0 Å². The van der Waals surface area contributed by atoms with Crippen molar-refractivity contribution in [3.8, 4) is 0 Å². The molecule has 4 N–H and O–H groups in total. The van der Waals surface area contributed by atoms with Crippen molar-refractivity contribution in [1.82, 2.24) is 4.90 Å². The number of rotatable bonds is 39. The number of imide groups is 1. The van der Waals surface area contributed by atoms with Crippen molar-refractivity contribution in [3.05, 3.63) is 24.3 Å². The zero-order valence-electron chi connectivity index (χ0n) is 34.0. The Bertz CT molecular complexity index is 985. The third kappa shape index (κ3) is 31.3. The van der Waals surface area contributed by atoms with E-state index in [1.165, 1.54) is 77.0 Å². The molecule has 316 valence electrons. The number of hydrogen-bond donors (Lipinski definition) is 4. The quantitative estimate of drug-likeness (QED) is 0.0267. The Hall–Kier alpha value is -1.88. The van der Waals surface area contributed by atoms with Gasteiger partial charge in [-0.1, -0.05) is 141 Å². The number of carboxylic acid groups (broad SMARTS) is 1. The smallest absolute Gasteiger partial charge is 0.472 e. The van der Waals surface area contributed by atoms with E-state index in [0.29, 0.717) is 17.7 Å². The summed E-state index contributed by atoms with van der Waals surface area (Å²) in [6.07, 6.45) is 35.7. The predicted molar refractivity (Wildman–Crippen MR) is 217 cm³/mol. The van der Waals surface area contributed by atoms with Gasteiger partial charge >= 0.3 is 13.8 Å². The summed E-state index contributed by atoms with van der Waals surface area (Å²) in [5.41, 5.74) is 0. The molecule has 3 atom stereocenters. The lowest BCUT2D eigenvalue weighted by Gasteiger charge is -2.28. The third-order valence-corrected chi connectivity index (χ3v) is 10.4. The highest BCUT2D eigenvalue weighted by Gasteiger charge is 2.37. The van der Waals surface area contributed by atoms with Crippen LogP contribution in [0.1, 0.15) is 194 Å². The number of phosphoric acid groups is 1. The number of hydrogen-bond acceptors (Lipinski definition) is 8. The van der Waals surface area contributed by atoms with Gasteiger partial charge in [-0.05, 0) is 64.2 Å². The van der Waals surface area contributed by atoms with E-state index in [4.69, 9.17) is 9.63 Å². The molecule has 0 saturated carbocycles. The molecule has 0 spiro atoms. The topological polar surface area (TPSA) is 171 Å². The van der Waals surface area contributed by atoms with Gasteiger partial charge in [-0.15, -0.1) is 0 Å². The van der Waals surface area contributed by atoms with Gasteiger partial charge in [0.1, 0.15) is 6.10 Å². The Balaban J connectivity index is 4.84. The number of amides is 2. The molecule has 0 radical (unpaired) electrons. The number of carbonyl (C=O) groups excluding carboxylic acids is 2. The lowest BCUT2D eigenvalue weighted by Crippen LogP contribution is -2.50. The number of unbranched alkanes of at least 4 members (excludes halogenated alkanes) is 22. The maximum Gasteiger partial charge on any atom is 0.472 e. The summed E-state index contributed by atoms with van der Waals surface area (Å²) in [4.78, 5) is 49.6. The second kappa shape index (κ2) is 36.7. The Kier molecular flexibility index (Phi) is 35.5. The second-order valence-electron chi connectivity index (χ2n) is 14.6. The molecule has 0 aromatic carbocycles. The molecule has 0 aliphatic rings. The van der Waals surface area contributed by atoms with Crippen LogP contribution in [0.5, 0.6) is 0 Å². The molecule has 54 heavy (non-hydrogen) atoms. The monoisotopic (exact) mass is 788 g/mol. The molecular weight excluding hydrogens is 709 g/mol. The van der Waals surface area contributed by atoms with Crippen LogP contribution in [0, 0.1) is 0 Å². The number of nitrogens with zero attached hydrogens (tertiary/aromatic N) is 1. The van der Waals surface area contributed by atoms with Crippen LogP contribution in [0.15, 0.2) is 24.3 Å². The summed E-state index contributed by atoms with van der Waals surface area (Å²) >= 11 is 0. The Morgan fingerprint density at radius 2 is 0.907 bits per heavy atom. The van der Waals surface area contributed by atoms with E-state index in [9.17, 15) is 34.1 Å². The van der Waals surface area contributed by atoms with Gasteiger partial charge in [-0.3, -0.25) is 23.5 Å². The van der Waals surface area contributed by atoms with Crippen LogP contribution < -0.4 is 0 Å². The van der Waals surface area contributed by atoms with Gasteiger partial charge in [0.25, 0.3) is 0 Å². The first-order valence-electron chi connectivity index (χ1n) is 21.4. The summed E-state index contributed by atoms with van der Waals surface area (Å²) < 4.78 is 21.8. The number of allylic oxidation sites excluding steroid dienone is 4. The number of aliphatic carboxylic acids is 1. The fraction of sp³-hybridized carbons (Fsp3) is 0.833. The lowest BCUT2D eigenvalue weighted by atomic mass is 10.1. The van der Waals surface area contributed by atoms with Crippen LogP contribution in [0.4, 0.5) is 0 Å². The van der Waals surface area contributed by atoms with Crippen LogP contribution in [-0.4, -0.2) is 74.9 Å². The van der Waals surface area contributed by atoms with Crippen molar-refractivity contribution >= 4 is 25.6 Å². The van der Waals surface area contributed by atoms with E-state index in [1.54, 1.807) is 0 Å². The molecule has 0 saturated heterocycles. The molecule has 0 heterocycles. The summed E-state index contributed by atoms with van der Waals surface area (Å²) in [5, 5.41) is 28.3. The van der Waals surface area contributed by atoms with E-state index in [0.717, 1.165) is 77.0 Å². The minimum absolute atomic E-state index is 0.0317. The normalized spacial score (nSPS) is 14.1. The van der Waals surface area contributed by atoms with Crippen LogP contribution >= 0.6 is 7.82 Å². The first kappa shape index (κ1) is 52.1. The summed E-state index contributed by atoms with van der Waals surface area (Å²) in [6.45, 7) is 2.04. The largest absolute Gasteiger partial charge is 0.480 e. The molecule has 1 unspecified atom stereocenters. The summed E-state index contributed by atoms with van der Waals surface area (Å²) in [6, 6.07) is -1.83. The zero-order valence-corrected chi connectivity index (χ0v) is 34.9. The van der Waals surface area contributed by atoms with Crippen LogP contribution in [0.2, 0.25) is 0 Å². The van der Waals surface area contributed by atoms with Crippen LogP contribution in [0.25, 0.3) is 0 Å². The van der Waals surface area contributed by atoms with Crippen molar-refractivity contribution in [2.75, 3.05) is 19.8 Å². The Morgan fingerprint density at radius 1 is 0.574 bits per heavy atom. The predicted octanol–water partition coefficient (Wildman–Crippen LogP) is 10.4. The highest BCUT2D eigenvalue weighted by molar-refractivity contribution is 7.47. The van der Waals surface area contributed by atoms with Gasteiger partial charge in [0.05, 0.1) is 19.8 Å². The second-order valence-corrected chi connectivity index (χ2v) is 16.0. The number of carboxylic acids is 1. The molecule has 0 fully saturated rings. The summed E-state index contributed by atoms with van der Waals surface area (Å²) in [7, 11) is -4.85. The molecule has 0 aromatic heterocycles. The van der Waals surface area contributed by atoms with E-state index in [-0.39, 0.29) is 12.8 Å². The Labute approximate surface area is 328 Å². The van der Waals surface area contributed by atoms with E-state index >= 15 is 0 Å². The SMILES string of the molecule is CCCCCCCC/C=C\CCCCCCCC(=O)N(C(=O)CCCCCCC/C=C\CCCCCCCC)[C@@H](COP(=O)(O)OC[C@H](O)CO)C(=O)O. The fourth-order valence-electron chi connectivity index (χ4n) is 6.11. The third-order valence-electron chi connectivity index (χ3n) is 9.48. The molecule has 0 aliphatic carbocycles. The fourth-order valence-corrected chi connectivity index (χ4v) is 6.88. The van der Waals surface area contributed by atoms with Gasteiger partial charge in [0.2, 0.25) is 11.8 Å². The molecule has 0 aliphatic heterocycles. The molecule has 12 heteroatoms. The standard InChI is InChI=1S/C42H78NO10P/c1-3-5-7-9-11-13-15-17-19-21-23-25-27-29-31-33-40(46)43(39(42(48)49)37-53-54(50,51)52-36-38(45)35-44)41(47)34-32-30-28-26-24-22-20-18-16-14-12-10-8-6-4-2/h17-20,38-39,44-45H,3-16,21-37H2,1-2H3,(H,48,49)(H,50,51)/b19-17-,20-18-/t38-,39+/m1/s1. The zero-order chi connectivity index (χ0) is 40.1. The molecule has 0 bridgehead atoms. The van der Waals surface area contributed by atoms with Gasteiger partial charge in [0.15, 0.2) is 6.04 Å². The maximum atomic E-state index is 13.4. The van der Waals surface area contributed by atoms with Gasteiger partial charge in [0, 0.05) is 12.8 Å². The highest BCUT2D eigenvalue weighted by Crippen LogP contribution is 2.43. The minimum atomic E-state index is -4.85. The number of aliphatic hydroxyl groups excluding tert-OH is 2. The highest BCUT2D eigenvalue weighted by atomic mass is 31.2.